The van der Waals surface area contributed by atoms with Gasteiger partial charge in [-0.25, -0.2) is 0 Å². The van der Waals surface area contributed by atoms with E-state index in [0.29, 0.717) is 56.3 Å². The molecule has 1 N–H and O–H groups in total. The zero-order chi connectivity index (χ0) is 30.3. The van der Waals surface area contributed by atoms with Gasteiger partial charge < -0.3 is 15.1 Å². The number of para-hydroxylation sites is 1. The Kier molecular flexibility index (Phi) is 9.59. The highest BCUT2D eigenvalue weighted by atomic mass is 35.5. The van der Waals surface area contributed by atoms with E-state index < -0.39 is 0 Å². The van der Waals surface area contributed by atoms with Gasteiger partial charge in [0.05, 0.1) is 11.6 Å². The average molecular weight is 606 g/mol. The van der Waals surface area contributed by atoms with Gasteiger partial charge in [-0.2, -0.15) is 0 Å². The fraction of sp³-hybridized carbons (Fsp3) is 0.270. The molecule has 4 aromatic rings. The summed E-state index contributed by atoms with van der Waals surface area (Å²) in [5, 5.41) is 3.78. The number of halogens is 1. The van der Waals surface area contributed by atoms with Gasteiger partial charge in [-0.15, -0.1) is 0 Å². The van der Waals surface area contributed by atoms with Gasteiger partial charge in [0, 0.05) is 56.5 Å². The Labute approximate surface area is 265 Å². The Hall–Kier alpha value is -4.13. The van der Waals surface area contributed by atoms with Gasteiger partial charge in [0.2, 0.25) is 5.91 Å². The number of carbonyl (C=O) groups is 2. The molecule has 6 rings (SSSR count). The second kappa shape index (κ2) is 14.1. The van der Waals surface area contributed by atoms with Crippen LogP contribution in [0.5, 0.6) is 0 Å². The van der Waals surface area contributed by atoms with Crippen molar-refractivity contribution < 1.29 is 9.59 Å². The van der Waals surface area contributed by atoms with Crippen LogP contribution in [-0.4, -0.2) is 60.4 Å². The van der Waals surface area contributed by atoms with Crippen LogP contribution in [0, 0.1) is 6.54 Å². The molecule has 2 heterocycles. The minimum Gasteiger partial charge on any atom is -0.367 e. The summed E-state index contributed by atoms with van der Waals surface area (Å²) < 4.78 is 0. The zero-order valence-electron chi connectivity index (χ0n) is 24.9. The number of hydrogen-bond donors (Lipinski definition) is 1. The van der Waals surface area contributed by atoms with Crippen LogP contribution in [0.3, 0.4) is 0 Å². The second-order valence-electron chi connectivity index (χ2n) is 11.5. The summed E-state index contributed by atoms with van der Waals surface area (Å²) in [6, 6.07) is 33.9. The standard InChI is InChI=1S/C37H38ClN4O2/c38-32-16-14-29(15-17-32)26-35(42-21-19-30-10-4-5-11-31(30)27-42)37(44)41-24-22-40(23-25-41)34-13-7-6-12-33(34)36(43)39-20-18-28-8-2-1-3-9-28/h1-17,21,35H,18-20,22-27H2,(H,39,43)/t35-/m1/s1. The number of amides is 2. The number of nitrogens with one attached hydrogen (secondary N) is 1. The van der Waals surface area contributed by atoms with Crippen LogP contribution in [0.1, 0.15) is 32.6 Å². The van der Waals surface area contributed by atoms with Gasteiger partial charge in [-0.05, 0) is 65.8 Å². The Morgan fingerprint density at radius 3 is 2.20 bits per heavy atom. The Bertz CT molecular complexity index is 1570. The van der Waals surface area contributed by atoms with E-state index >= 15 is 0 Å². The fourth-order valence-corrected chi connectivity index (χ4v) is 6.32. The third-order valence-electron chi connectivity index (χ3n) is 8.67. The van der Waals surface area contributed by atoms with Gasteiger partial charge in [-0.1, -0.05) is 90.5 Å². The van der Waals surface area contributed by atoms with Crippen molar-refractivity contribution >= 4 is 29.1 Å². The molecule has 0 saturated carbocycles. The van der Waals surface area contributed by atoms with Crippen LogP contribution in [0.25, 0.3) is 0 Å². The lowest BCUT2D eigenvalue weighted by atomic mass is 9.95. The van der Waals surface area contributed by atoms with Crippen molar-refractivity contribution in [3.8, 4) is 0 Å². The first kappa shape index (κ1) is 29.9. The average Bonchev–Trinajstić information content (AvgIpc) is 3.08. The second-order valence-corrected chi connectivity index (χ2v) is 11.9. The highest BCUT2D eigenvalue weighted by Gasteiger charge is 2.34. The van der Waals surface area contributed by atoms with Crippen LogP contribution in [-0.2, 0) is 30.6 Å². The SMILES string of the molecule is O=C(NCCc1ccccc1)c1ccccc1N1CCN(C(=O)[C@@H](Cc2ccc(Cl)cc2)N2[CH]Cc3ccccc3C2)CC1. The molecule has 2 aliphatic heterocycles. The maximum atomic E-state index is 14.2. The quantitative estimate of drug-likeness (QED) is 0.262. The number of rotatable bonds is 9. The van der Waals surface area contributed by atoms with E-state index in [4.69, 9.17) is 11.6 Å². The molecule has 225 valence electrons. The van der Waals surface area contributed by atoms with E-state index in [1.165, 1.54) is 16.7 Å². The molecule has 0 aromatic heterocycles. The third-order valence-corrected chi connectivity index (χ3v) is 8.92. The summed E-state index contributed by atoms with van der Waals surface area (Å²) >= 11 is 6.16. The zero-order valence-corrected chi connectivity index (χ0v) is 25.6. The lowest BCUT2D eigenvalue weighted by Gasteiger charge is -2.41. The highest BCUT2D eigenvalue weighted by Crippen LogP contribution is 2.27. The number of hydrogen-bond acceptors (Lipinski definition) is 4. The summed E-state index contributed by atoms with van der Waals surface area (Å²) in [6.07, 6.45) is 2.21. The summed E-state index contributed by atoms with van der Waals surface area (Å²) in [7, 11) is 0. The number of carbonyl (C=O) groups excluding carboxylic acids is 2. The van der Waals surface area contributed by atoms with E-state index in [9.17, 15) is 9.59 Å². The first-order valence-electron chi connectivity index (χ1n) is 15.4. The molecule has 0 bridgehead atoms. The maximum Gasteiger partial charge on any atom is 0.253 e. The molecule has 6 nitrogen and oxygen atoms in total. The topological polar surface area (TPSA) is 55.9 Å². The monoisotopic (exact) mass is 605 g/mol. The van der Waals surface area contributed by atoms with Gasteiger partial charge in [-0.3, -0.25) is 14.5 Å². The smallest absolute Gasteiger partial charge is 0.253 e. The normalized spacial score (nSPS) is 15.8. The number of nitrogens with zero attached hydrogens (tertiary/aromatic N) is 3. The summed E-state index contributed by atoms with van der Waals surface area (Å²) in [4.78, 5) is 33.8. The Morgan fingerprint density at radius 1 is 0.750 bits per heavy atom. The Balaban J connectivity index is 1.12. The number of fused-ring (bicyclic) bond motifs is 1. The lowest BCUT2D eigenvalue weighted by Crippen LogP contribution is -2.55. The van der Waals surface area contributed by atoms with Crippen LogP contribution < -0.4 is 10.2 Å². The summed E-state index contributed by atoms with van der Waals surface area (Å²) in [6.45, 7) is 6.01. The molecular weight excluding hydrogens is 568 g/mol. The van der Waals surface area contributed by atoms with Gasteiger partial charge in [0.25, 0.3) is 5.91 Å². The molecule has 2 aliphatic rings. The number of benzene rings is 4. The molecule has 0 spiro atoms. The number of piperazine rings is 1. The van der Waals surface area contributed by atoms with Gasteiger partial charge in [0.15, 0.2) is 0 Å². The van der Waals surface area contributed by atoms with E-state index in [-0.39, 0.29) is 17.9 Å². The van der Waals surface area contributed by atoms with Crippen LogP contribution in [0.2, 0.25) is 5.02 Å². The third kappa shape index (κ3) is 7.15. The minimum atomic E-state index is -0.307. The van der Waals surface area contributed by atoms with Gasteiger partial charge in [0.1, 0.15) is 0 Å². The molecule has 1 saturated heterocycles. The molecule has 1 fully saturated rings. The molecule has 7 heteroatoms. The van der Waals surface area contributed by atoms with Crippen LogP contribution in [0.15, 0.2) is 103 Å². The largest absolute Gasteiger partial charge is 0.367 e. The minimum absolute atomic E-state index is 0.0704. The predicted octanol–water partition coefficient (Wildman–Crippen LogP) is 5.79. The first-order chi connectivity index (χ1) is 21.5. The summed E-state index contributed by atoms with van der Waals surface area (Å²) in [5.74, 6) is 0.0705. The van der Waals surface area contributed by atoms with Crippen molar-refractivity contribution in [2.45, 2.75) is 31.8 Å². The van der Waals surface area contributed by atoms with Gasteiger partial charge >= 0.3 is 0 Å². The number of anilines is 1. The summed E-state index contributed by atoms with van der Waals surface area (Å²) in [5.41, 5.74) is 6.46. The van der Waals surface area contributed by atoms with Crippen molar-refractivity contribution in [3.63, 3.8) is 0 Å². The molecule has 44 heavy (non-hydrogen) atoms. The lowest BCUT2D eigenvalue weighted by molar-refractivity contribution is -0.137. The van der Waals surface area contributed by atoms with Crippen molar-refractivity contribution in [1.82, 2.24) is 15.1 Å². The van der Waals surface area contributed by atoms with E-state index in [2.05, 4.69) is 58.1 Å². The van der Waals surface area contributed by atoms with Crippen molar-refractivity contribution in [3.05, 3.63) is 143 Å². The van der Waals surface area contributed by atoms with E-state index in [1.807, 2.05) is 71.6 Å². The van der Waals surface area contributed by atoms with E-state index in [1.54, 1.807) is 0 Å². The molecule has 2 amide bonds. The predicted molar refractivity (Wildman–Crippen MR) is 177 cm³/mol. The fourth-order valence-electron chi connectivity index (χ4n) is 6.20. The molecule has 0 unspecified atom stereocenters. The Morgan fingerprint density at radius 2 is 1.43 bits per heavy atom. The van der Waals surface area contributed by atoms with Crippen molar-refractivity contribution in [2.75, 3.05) is 37.6 Å². The molecule has 0 aliphatic carbocycles. The maximum absolute atomic E-state index is 14.2. The van der Waals surface area contributed by atoms with Crippen LogP contribution >= 0.6 is 11.6 Å². The molecule has 1 atom stereocenters. The van der Waals surface area contributed by atoms with Crippen molar-refractivity contribution in [1.29, 1.82) is 0 Å². The molecule has 4 aromatic carbocycles. The van der Waals surface area contributed by atoms with E-state index in [0.717, 1.165) is 24.1 Å². The van der Waals surface area contributed by atoms with Crippen molar-refractivity contribution in [2.24, 2.45) is 0 Å². The first-order valence-corrected chi connectivity index (χ1v) is 15.8. The molecule has 1 radical (unpaired) electrons. The van der Waals surface area contributed by atoms with Crippen LogP contribution in [0.4, 0.5) is 5.69 Å². The molecular formula is C37H38ClN4O2. The highest BCUT2D eigenvalue weighted by molar-refractivity contribution is 6.30.